The van der Waals surface area contributed by atoms with E-state index in [4.69, 9.17) is 9.47 Å². The molecule has 0 aliphatic carbocycles. The molecule has 2 unspecified atom stereocenters. The van der Waals surface area contributed by atoms with E-state index in [1.54, 1.807) is 0 Å². The lowest BCUT2D eigenvalue weighted by atomic mass is 10.1. The minimum atomic E-state index is -0.199. The number of hydrogen-bond acceptors (Lipinski definition) is 3. The Bertz CT molecular complexity index is 191. The molecule has 0 aromatic carbocycles. The normalized spacial score (nSPS) is 25.5. The first-order valence-electron chi connectivity index (χ1n) is 6.01. The van der Waals surface area contributed by atoms with Crippen LogP contribution in [-0.4, -0.2) is 24.8 Å². The highest BCUT2D eigenvalue weighted by molar-refractivity contribution is 5.66. The Morgan fingerprint density at radius 2 is 2.20 bits per heavy atom. The first-order chi connectivity index (χ1) is 7.22. The second-order valence-corrected chi connectivity index (χ2v) is 4.27. The van der Waals surface area contributed by atoms with Crippen LogP contribution in [0.1, 0.15) is 52.4 Å². The third-order valence-electron chi connectivity index (χ3n) is 2.76. The van der Waals surface area contributed by atoms with Crippen LogP contribution in [0, 0.1) is 0 Å². The van der Waals surface area contributed by atoms with Crippen LogP contribution in [0.15, 0.2) is 0 Å². The van der Waals surface area contributed by atoms with Crippen LogP contribution in [0.3, 0.4) is 0 Å². The second-order valence-electron chi connectivity index (χ2n) is 4.27. The summed E-state index contributed by atoms with van der Waals surface area (Å²) in [6, 6.07) is 0. The molecular weight excluding hydrogens is 192 g/mol. The molecular formula is C12H22O3. The number of ether oxygens (including phenoxy) is 2. The SMILES string of the molecule is CCCCCCC1CC(OC(C)=O)CO1. The minimum Gasteiger partial charge on any atom is -0.460 e. The largest absolute Gasteiger partial charge is 0.460 e. The van der Waals surface area contributed by atoms with Gasteiger partial charge in [-0.2, -0.15) is 0 Å². The van der Waals surface area contributed by atoms with Gasteiger partial charge in [-0.25, -0.2) is 0 Å². The summed E-state index contributed by atoms with van der Waals surface area (Å²) in [5.41, 5.74) is 0. The summed E-state index contributed by atoms with van der Waals surface area (Å²) >= 11 is 0. The smallest absolute Gasteiger partial charge is 0.302 e. The lowest BCUT2D eigenvalue weighted by molar-refractivity contribution is -0.146. The highest BCUT2D eigenvalue weighted by atomic mass is 16.6. The molecule has 1 rings (SSSR count). The average molecular weight is 214 g/mol. The fraction of sp³-hybridized carbons (Fsp3) is 0.917. The Morgan fingerprint density at radius 3 is 2.87 bits per heavy atom. The van der Waals surface area contributed by atoms with Gasteiger partial charge < -0.3 is 9.47 Å². The van der Waals surface area contributed by atoms with Crippen LogP contribution in [0.25, 0.3) is 0 Å². The Balaban J connectivity index is 2.05. The van der Waals surface area contributed by atoms with E-state index in [0.717, 1.165) is 12.8 Å². The Morgan fingerprint density at radius 1 is 1.40 bits per heavy atom. The van der Waals surface area contributed by atoms with Gasteiger partial charge in [0.1, 0.15) is 6.10 Å². The number of rotatable bonds is 6. The summed E-state index contributed by atoms with van der Waals surface area (Å²) in [4.78, 5) is 10.7. The molecule has 1 aliphatic heterocycles. The number of carbonyl (C=O) groups excluding carboxylic acids is 1. The van der Waals surface area contributed by atoms with Gasteiger partial charge in [0.05, 0.1) is 12.7 Å². The molecule has 3 nitrogen and oxygen atoms in total. The lowest BCUT2D eigenvalue weighted by Gasteiger charge is -2.09. The zero-order valence-electron chi connectivity index (χ0n) is 9.83. The van der Waals surface area contributed by atoms with Gasteiger partial charge in [0.2, 0.25) is 0 Å². The third kappa shape index (κ3) is 5.17. The lowest BCUT2D eigenvalue weighted by Crippen LogP contribution is -2.16. The molecule has 3 heteroatoms. The van der Waals surface area contributed by atoms with E-state index in [1.807, 2.05) is 0 Å². The van der Waals surface area contributed by atoms with Gasteiger partial charge in [0, 0.05) is 13.3 Å². The minimum absolute atomic E-state index is 0.00123. The Labute approximate surface area is 92.1 Å². The first kappa shape index (κ1) is 12.5. The maximum Gasteiger partial charge on any atom is 0.302 e. The van der Waals surface area contributed by atoms with Gasteiger partial charge in [-0.1, -0.05) is 32.6 Å². The molecule has 0 amide bonds. The van der Waals surface area contributed by atoms with Crippen molar-refractivity contribution in [1.29, 1.82) is 0 Å². The molecule has 0 N–H and O–H groups in total. The van der Waals surface area contributed by atoms with Crippen molar-refractivity contribution in [3.8, 4) is 0 Å². The molecule has 2 atom stereocenters. The molecule has 15 heavy (non-hydrogen) atoms. The molecule has 1 fully saturated rings. The predicted molar refractivity (Wildman–Crippen MR) is 58.7 cm³/mol. The van der Waals surface area contributed by atoms with E-state index in [0.29, 0.717) is 12.7 Å². The number of carbonyl (C=O) groups is 1. The van der Waals surface area contributed by atoms with Gasteiger partial charge in [0.25, 0.3) is 0 Å². The number of unbranched alkanes of at least 4 members (excludes halogenated alkanes) is 3. The summed E-state index contributed by atoms with van der Waals surface area (Å²) in [6.07, 6.45) is 7.38. The van der Waals surface area contributed by atoms with Crippen LogP contribution in [0.4, 0.5) is 0 Å². The summed E-state index contributed by atoms with van der Waals surface area (Å²) in [7, 11) is 0. The van der Waals surface area contributed by atoms with Crippen LogP contribution in [0.5, 0.6) is 0 Å². The van der Waals surface area contributed by atoms with Gasteiger partial charge in [-0.05, 0) is 6.42 Å². The van der Waals surface area contributed by atoms with E-state index < -0.39 is 0 Å². The highest BCUT2D eigenvalue weighted by Crippen LogP contribution is 2.21. The fourth-order valence-corrected chi connectivity index (χ4v) is 1.99. The van der Waals surface area contributed by atoms with Gasteiger partial charge in [0.15, 0.2) is 0 Å². The van der Waals surface area contributed by atoms with Gasteiger partial charge in [-0.3, -0.25) is 4.79 Å². The third-order valence-corrected chi connectivity index (χ3v) is 2.76. The van der Waals surface area contributed by atoms with Crippen LogP contribution in [-0.2, 0) is 14.3 Å². The average Bonchev–Trinajstić information content (AvgIpc) is 2.59. The van der Waals surface area contributed by atoms with Crippen molar-refractivity contribution in [2.45, 2.75) is 64.6 Å². The number of esters is 1. The topological polar surface area (TPSA) is 35.5 Å². The van der Waals surface area contributed by atoms with Gasteiger partial charge >= 0.3 is 5.97 Å². The maximum atomic E-state index is 10.7. The second kappa shape index (κ2) is 6.83. The van der Waals surface area contributed by atoms with Crippen molar-refractivity contribution < 1.29 is 14.3 Å². The molecule has 0 spiro atoms. The summed E-state index contributed by atoms with van der Waals surface area (Å²) in [6.45, 7) is 4.25. The molecule has 0 bridgehead atoms. The predicted octanol–water partition coefficient (Wildman–Crippen LogP) is 2.68. The van der Waals surface area contributed by atoms with Crippen molar-refractivity contribution in [2.24, 2.45) is 0 Å². The first-order valence-corrected chi connectivity index (χ1v) is 6.01. The zero-order valence-corrected chi connectivity index (χ0v) is 9.83. The van der Waals surface area contributed by atoms with Crippen molar-refractivity contribution in [1.82, 2.24) is 0 Å². The van der Waals surface area contributed by atoms with E-state index in [2.05, 4.69) is 6.92 Å². The van der Waals surface area contributed by atoms with Crippen LogP contribution < -0.4 is 0 Å². The van der Waals surface area contributed by atoms with E-state index in [-0.39, 0.29) is 12.1 Å². The Kier molecular flexibility index (Phi) is 5.69. The molecule has 0 aromatic rings. The standard InChI is InChI=1S/C12H22O3/c1-3-4-5-6-7-11-8-12(9-14-11)15-10(2)13/h11-12H,3-9H2,1-2H3. The Hall–Kier alpha value is -0.570. The number of hydrogen-bond donors (Lipinski definition) is 0. The van der Waals surface area contributed by atoms with Crippen molar-refractivity contribution in [3.05, 3.63) is 0 Å². The molecule has 0 aromatic heterocycles. The summed E-state index contributed by atoms with van der Waals surface area (Å²) < 4.78 is 10.7. The molecule has 1 saturated heterocycles. The monoisotopic (exact) mass is 214 g/mol. The molecule has 0 radical (unpaired) electrons. The van der Waals surface area contributed by atoms with Crippen LogP contribution >= 0.6 is 0 Å². The van der Waals surface area contributed by atoms with E-state index >= 15 is 0 Å². The van der Waals surface area contributed by atoms with Gasteiger partial charge in [-0.15, -0.1) is 0 Å². The van der Waals surface area contributed by atoms with E-state index in [9.17, 15) is 4.79 Å². The van der Waals surface area contributed by atoms with E-state index in [1.165, 1.54) is 32.6 Å². The molecule has 1 aliphatic rings. The summed E-state index contributed by atoms with van der Waals surface area (Å²) in [5, 5.41) is 0. The zero-order chi connectivity index (χ0) is 11.1. The van der Waals surface area contributed by atoms with Crippen molar-refractivity contribution in [2.75, 3.05) is 6.61 Å². The quantitative estimate of drug-likeness (QED) is 0.503. The molecule has 1 heterocycles. The highest BCUT2D eigenvalue weighted by Gasteiger charge is 2.26. The maximum absolute atomic E-state index is 10.7. The van der Waals surface area contributed by atoms with Crippen molar-refractivity contribution >= 4 is 5.97 Å². The molecule has 88 valence electrons. The fourth-order valence-electron chi connectivity index (χ4n) is 1.99. The van der Waals surface area contributed by atoms with Crippen LogP contribution in [0.2, 0.25) is 0 Å². The van der Waals surface area contributed by atoms with Crippen molar-refractivity contribution in [3.63, 3.8) is 0 Å². The molecule has 0 saturated carbocycles. The summed E-state index contributed by atoms with van der Waals surface area (Å²) in [5.74, 6) is -0.199.